The lowest BCUT2D eigenvalue weighted by atomic mass is 9.80. The van der Waals surface area contributed by atoms with Gasteiger partial charge in [0.05, 0.1) is 24.5 Å². The third-order valence-corrected chi connectivity index (χ3v) is 6.68. The first-order valence-electron chi connectivity index (χ1n) is 10.5. The molecule has 0 bridgehead atoms. The number of fused-ring (bicyclic) bond motifs is 2. The molecule has 1 aromatic heterocycles. The van der Waals surface area contributed by atoms with Gasteiger partial charge in [-0.3, -0.25) is 4.99 Å². The Morgan fingerprint density at radius 2 is 2.00 bits per heavy atom. The number of nitrogens with two attached hydrogens (primary N) is 1. The molecule has 1 saturated heterocycles. The van der Waals surface area contributed by atoms with Crippen LogP contribution < -0.4 is 15.5 Å². The number of rotatable bonds is 2. The summed E-state index contributed by atoms with van der Waals surface area (Å²) in [6, 6.07) is 8.00. The maximum atomic E-state index is 10.3. The van der Waals surface area contributed by atoms with E-state index in [1.165, 1.54) is 0 Å². The SMILES string of the molecule is CC1(CN)CCN(c2cnc3c(n2)CN=C3N2CCC(O)c3ccccc32)CC1. The predicted molar refractivity (Wildman–Crippen MR) is 114 cm³/mol. The van der Waals surface area contributed by atoms with Gasteiger partial charge in [0.1, 0.15) is 11.5 Å². The van der Waals surface area contributed by atoms with Crippen LogP contribution in [-0.2, 0) is 6.54 Å². The van der Waals surface area contributed by atoms with Crippen LogP contribution in [0.15, 0.2) is 35.5 Å². The molecule has 3 aliphatic heterocycles. The zero-order valence-corrected chi connectivity index (χ0v) is 16.9. The van der Waals surface area contributed by atoms with Crippen LogP contribution in [0.5, 0.6) is 0 Å². The summed E-state index contributed by atoms with van der Waals surface area (Å²) in [5.74, 6) is 1.81. The molecule has 1 unspecified atom stereocenters. The highest BCUT2D eigenvalue weighted by Crippen LogP contribution is 2.36. The molecule has 1 fully saturated rings. The van der Waals surface area contributed by atoms with Crippen molar-refractivity contribution in [3.8, 4) is 0 Å². The van der Waals surface area contributed by atoms with Gasteiger partial charge in [0, 0.05) is 30.9 Å². The second-order valence-electron chi connectivity index (χ2n) is 8.68. The molecule has 0 amide bonds. The van der Waals surface area contributed by atoms with Crippen LogP contribution in [0.1, 0.15) is 49.2 Å². The Balaban J connectivity index is 1.39. The zero-order valence-electron chi connectivity index (χ0n) is 16.9. The van der Waals surface area contributed by atoms with E-state index in [1.54, 1.807) is 0 Å². The van der Waals surface area contributed by atoms with Crippen LogP contribution in [-0.4, -0.2) is 47.1 Å². The van der Waals surface area contributed by atoms with Crippen molar-refractivity contribution in [3.05, 3.63) is 47.4 Å². The number of aliphatic hydroxyl groups excluding tert-OH is 1. The maximum Gasteiger partial charge on any atom is 0.156 e. The number of aromatic nitrogens is 2. The molecular formula is C22H28N6O. The van der Waals surface area contributed by atoms with E-state index in [2.05, 4.69) is 16.7 Å². The largest absolute Gasteiger partial charge is 0.388 e. The van der Waals surface area contributed by atoms with Gasteiger partial charge in [-0.25, -0.2) is 9.97 Å². The molecule has 7 nitrogen and oxygen atoms in total. The summed E-state index contributed by atoms with van der Waals surface area (Å²) in [4.78, 5) is 18.9. The summed E-state index contributed by atoms with van der Waals surface area (Å²) in [7, 11) is 0. The third-order valence-electron chi connectivity index (χ3n) is 6.68. The number of piperidine rings is 1. The van der Waals surface area contributed by atoms with Crippen LogP contribution in [0.2, 0.25) is 0 Å². The number of para-hydroxylation sites is 1. The van der Waals surface area contributed by atoms with E-state index < -0.39 is 6.10 Å². The number of hydrogen-bond donors (Lipinski definition) is 2. The molecule has 3 N–H and O–H groups in total. The average Bonchev–Trinajstić information content (AvgIpc) is 3.18. The lowest BCUT2D eigenvalue weighted by molar-refractivity contribution is 0.166. The van der Waals surface area contributed by atoms with E-state index in [0.717, 1.165) is 73.3 Å². The van der Waals surface area contributed by atoms with Gasteiger partial charge >= 0.3 is 0 Å². The molecule has 1 aromatic carbocycles. The van der Waals surface area contributed by atoms with Crippen LogP contribution in [0.4, 0.5) is 11.5 Å². The minimum Gasteiger partial charge on any atom is -0.388 e. The number of benzene rings is 1. The van der Waals surface area contributed by atoms with Crippen LogP contribution in [0, 0.1) is 5.41 Å². The Bertz CT molecular complexity index is 950. The molecule has 152 valence electrons. The van der Waals surface area contributed by atoms with E-state index in [0.29, 0.717) is 13.0 Å². The second-order valence-corrected chi connectivity index (χ2v) is 8.68. The van der Waals surface area contributed by atoms with Gasteiger partial charge < -0.3 is 20.6 Å². The predicted octanol–water partition coefficient (Wildman–Crippen LogP) is 2.25. The molecular weight excluding hydrogens is 364 g/mol. The third kappa shape index (κ3) is 3.18. The van der Waals surface area contributed by atoms with E-state index in [1.807, 2.05) is 30.5 Å². The fraction of sp³-hybridized carbons (Fsp3) is 0.500. The van der Waals surface area contributed by atoms with Crippen molar-refractivity contribution < 1.29 is 5.11 Å². The lowest BCUT2D eigenvalue weighted by Gasteiger charge is -2.39. The fourth-order valence-corrected chi connectivity index (χ4v) is 4.55. The minimum atomic E-state index is -0.421. The Kier molecular flexibility index (Phi) is 4.52. The number of aliphatic hydroxyl groups is 1. The molecule has 0 saturated carbocycles. The molecule has 0 aliphatic carbocycles. The highest BCUT2D eigenvalue weighted by Gasteiger charge is 2.33. The van der Waals surface area contributed by atoms with Gasteiger partial charge in [-0.05, 0) is 37.3 Å². The van der Waals surface area contributed by atoms with Crippen molar-refractivity contribution in [1.82, 2.24) is 9.97 Å². The molecule has 7 heteroatoms. The summed E-state index contributed by atoms with van der Waals surface area (Å²) in [6.07, 6.45) is 4.31. The lowest BCUT2D eigenvalue weighted by Crippen LogP contribution is -2.42. The van der Waals surface area contributed by atoms with Crippen LogP contribution in [0.25, 0.3) is 0 Å². The number of amidine groups is 1. The zero-order chi connectivity index (χ0) is 20.0. The molecule has 4 heterocycles. The van der Waals surface area contributed by atoms with Crippen LogP contribution in [0.3, 0.4) is 0 Å². The molecule has 29 heavy (non-hydrogen) atoms. The Morgan fingerprint density at radius 1 is 1.21 bits per heavy atom. The highest BCUT2D eigenvalue weighted by atomic mass is 16.3. The van der Waals surface area contributed by atoms with Crippen molar-refractivity contribution in [1.29, 1.82) is 0 Å². The molecule has 0 spiro atoms. The Hall–Kier alpha value is -2.51. The van der Waals surface area contributed by atoms with Gasteiger partial charge in [-0.2, -0.15) is 0 Å². The molecule has 0 radical (unpaired) electrons. The van der Waals surface area contributed by atoms with E-state index in [-0.39, 0.29) is 5.41 Å². The van der Waals surface area contributed by atoms with E-state index in [9.17, 15) is 5.11 Å². The van der Waals surface area contributed by atoms with Gasteiger partial charge in [-0.15, -0.1) is 0 Å². The first-order valence-corrected chi connectivity index (χ1v) is 10.5. The number of hydrogen-bond acceptors (Lipinski definition) is 7. The van der Waals surface area contributed by atoms with Crippen LogP contribution >= 0.6 is 0 Å². The standard InChI is InChI=1S/C22H28N6O/c1-22(14-23)7-10-27(11-8-22)19-13-24-20-16(26-19)12-25-21(20)28-9-6-18(29)15-4-2-3-5-17(15)28/h2-5,13,18,29H,6-12,14,23H2,1H3. The van der Waals surface area contributed by atoms with Gasteiger partial charge in [0.2, 0.25) is 0 Å². The topological polar surface area (TPSA) is 90.9 Å². The average molecular weight is 393 g/mol. The number of nitrogens with zero attached hydrogens (tertiary/aromatic N) is 5. The molecule has 5 rings (SSSR count). The first kappa shape index (κ1) is 18.5. The van der Waals surface area contributed by atoms with Crippen molar-refractivity contribution in [2.24, 2.45) is 16.1 Å². The summed E-state index contributed by atoms with van der Waals surface area (Å²) >= 11 is 0. The molecule has 2 aromatic rings. The summed E-state index contributed by atoms with van der Waals surface area (Å²) < 4.78 is 0. The Morgan fingerprint density at radius 3 is 2.79 bits per heavy atom. The smallest absolute Gasteiger partial charge is 0.156 e. The second kappa shape index (κ2) is 7.07. The summed E-state index contributed by atoms with van der Waals surface area (Å²) in [6.45, 7) is 6.22. The quantitative estimate of drug-likeness (QED) is 0.815. The molecule has 3 aliphatic rings. The fourth-order valence-electron chi connectivity index (χ4n) is 4.55. The minimum absolute atomic E-state index is 0.239. The monoisotopic (exact) mass is 392 g/mol. The van der Waals surface area contributed by atoms with Crippen molar-refractivity contribution >= 4 is 17.3 Å². The van der Waals surface area contributed by atoms with Gasteiger partial charge in [-0.1, -0.05) is 25.1 Å². The Labute approximate surface area is 171 Å². The number of aliphatic imine (C=N–C) groups is 1. The van der Waals surface area contributed by atoms with Crippen molar-refractivity contribution in [2.75, 3.05) is 36.0 Å². The van der Waals surface area contributed by atoms with E-state index >= 15 is 0 Å². The summed E-state index contributed by atoms with van der Waals surface area (Å²) in [5.41, 5.74) is 9.95. The molecule has 1 atom stereocenters. The number of anilines is 2. The van der Waals surface area contributed by atoms with Crippen molar-refractivity contribution in [2.45, 2.75) is 38.8 Å². The van der Waals surface area contributed by atoms with E-state index in [4.69, 9.17) is 20.7 Å². The van der Waals surface area contributed by atoms with Crippen molar-refractivity contribution in [3.63, 3.8) is 0 Å². The maximum absolute atomic E-state index is 10.3. The van der Waals surface area contributed by atoms with Gasteiger partial charge in [0.15, 0.2) is 5.84 Å². The van der Waals surface area contributed by atoms with Gasteiger partial charge in [0.25, 0.3) is 0 Å². The normalized spacial score (nSPS) is 22.9. The summed E-state index contributed by atoms with van der Waals surface area (Å²) in [5, 5.41) is 10.3. The first-order chi connectivity index (χ1) is 14.1. The highest BCUT2D eigenvalue weighted by molar-refractivity contribution is 6.11.